The molecule has 1 heterocycles. The number of hydrogen-bond donors (Lipinski definition) is 1. The Labute approximate surface area is 166 Å². The van der Waals surface area contributed by atoms with Crippen molar-refractivity contribution in [1.82, 2.24) is 0 Å². The smallest absolute Gasteiger partial charge is 0.229 e. The number of nitrogens with one attached hydrogen (secondary N) is 1. The average molecular weight is 433 g/mol. The molecule has 0 aliphatic carbocycles. The first kappa shape index (κ1) is 19.2. The van der Waals surface area contributed by atoms with E-state index in [0.29, 0.717) is 29.4 Å². The summed E-state index contributed by atoms with van der Waals surface area (Å²) in [7, 11) is 3.11. The van der Waals surface area contributed by atoms with Crippen molar-refractivity contribution in [2.45, 2.75) is 13.3 Å². The monoisotopic (exact) mass is 432 g/mol. The van der Waals surface area contributed by atoms with Gasteiger partial charge in [-0.1, -0.05) is 22.0 Å². The van der Waals surface area contributed by atoms with Crippen molar-refractivity contribution < 1.29 is 19.1 Å². The number of aryl methyl sites for hydroxylation is 1. The lowest BCUT2D eigenvalue weighted by Gasteiger charge is -2.20. The van der Waals surface area contributed by atoms with Crippen LogP contribution in [0.15, 0.2) is 40.9 Å². The van der Waals surface area contributed by atoms with Crippen LogP contribution in [0, 0.1) is 12.8 Å². The summed E-state index contributed by atoms with van der Waals surface area (Å²) in [4.78, 5) is 26.7. The highest BCUT2D eigenvalue weighted by Crippen LogP contribution is 2.36. The molecular formula is C20H21BrN2O4. The van der Waals surface area contributed by atoms with E-state index in [4.69, 9.17) is 9.47 Å². The molecule has 6 nitrogen and oxygen atoms in total. The van der Waals surface area contributed by atoms with Crippen LogP contribution in [0.3, 0.4) is 0 Å². The lowest BCUT2D eigenvalue weighted by molar-refractivity contribution is -0.122. The molecule has 2 amide bonds. The molecule has 142 valence electrons. The molecule has 0 bridgehead atoms. The second kappa shape index (κ2) is 8.00. The number of methoxy groups -OCH3 is 2. The van der Waals surface area contributed by atoms with Crippen molar-refractivity contribution in [3.05, 3.63) is 46.4 Å². The Morgan fingerprint density at radius 2 is 1.96 bits per heavy atom. The van der Waals surface area contributed by atoms with Gasteiger partial charge in [-0.15, -0.1) is 0 Å². The van der Waals surface area contributed by atoms with Crippen LogP contribution in [-0.4, -0.2) is 32.6 Å². The summed E-state index contributed by atoms with van der Waals surface area (Å²) in [5.74, 6) is 0.467. The van der Waals surface area contributed by atoms with Crippen LogP contribution >= 0.6 is 15.9 Å². The summed E-state index contributed by atoms with van der Waals surface area (Å²) in [6, 6.07) is 10.9. The van der Waals surface area contributed by atoms with Crippen LogP contribution in [0.4, 0.5) is 11.4 Å². The summed E-state index contributed by atoms with van der Waals surface area (Å²) in [5.41, 5.74) is 2.42. The van der Waals surface area contributed by atoms with Crippen LogP contribution in [0.5, 0.6) is 11.5 Å². The minimum Gasteiger partial charge on any atom is -0.497 e. The Hall–Kier alpha value is -2.54. The number of hydrogen-bond acceptors (Lipinski definition) is 4. The third-order valence-corrected chi connectivity index (χ3v) is 5.47. The number of anilines is 2. The number of carbonyl (C=O) groups is 2. The fourth-order valence-electron chi connectivity index (χ4n) is 3.04. The van der Waals surface area contributed by atoms with E-state index in [-0.39, 0.29) is 18.2 Å². The zero-order valence-corrected chi connectivity index (χ0v) is 17.0. The van der Waals surface area contributed by atoms with Crippen molar-refractivity contribution in [3.63, 3.8) is 0 Å². The molecule has 2 aromatic carbocycles. The fourth-order valence-corrected chi connectivity index (χ4v) is 3.42. The molecular weight excluding hydrogens is 412 g/mol. The zero-order chi connectivity index (χ0) is 19.6. The highest BCUT2D eigenvalue weighted by atomic mass is 79.9. The largest absolute Gasteiger partial charge is 0.497 e. The van der Waals surface area contributed by atoms with Crippen LogP contribution in [0.2, 0.25) is 0 Å². The van der Waals surface area contributed by atoms with Gasteiger partial charge in [0.2, 0.25) is 11.8 Å². The predicted molar refractivity (Wildman–Crippen MR) is 108 cm³/mol. The molecule has 1 aliphatic rings. The number of carbonyl (C=O) groups excluding carboxylic acids is 2. The number of halogens is 1. The summed E-state index contributed by atoms with van der Waals surface area (Å²) in [5, 5.41) is 2.89. The number of amides is 2. The molecule has 2 aromatic rings. The van der Waals surface area contributed by atoms with E-state index in [1.54, 1.807) is 30.2 Å². The molecule has 0 radical (unpaired) electrons. The summed E-state index contributed by atoms with van der Waals surface area (Å²) in [6.07, 6.45) is 0.161. The Morgan fingerprint density at radius 3 is 2.63 bits per heavy atom. The normalized spacial score (nSPS) is 16.4. The molecule has 27 heavy (non-hydrogen) atoms. The Bertz CT molecular complexity index is 884. The van der Waals surface area contributed by atoms with Gasteiger partial charge in [-0.05, 0) is 36.8 Å². The third kappa shape index (κ3) is 4.08. The zero-order valence-electron chi connectivity index (χ0n) is 15.4. The topological polar surface area (TPSA) is 67.9 Å². The van der Waals surface area contributed by atoms with Gasteiger partial charge in [-0.3, -0.25) is 9.59 Å². The number of nitrogens with zero attached hydrogens (tertiary/aromatic N) is 1. The molecule has 1 unspecified atom stereocenters. The summed E-state index contributed by atoms with van der Waals surface area (Å²) in [6.45, 7) is 2.28. The van der Waals surface area contributed by atoms with E-state index >= 15 is 0 Å². The van der Waals surface area contributed by atoms with Gasteiger partial charge >= 0.3 is 0 Å². The highest BCUT2D eigenvalue weighted by Gasteiger charge is 2.36. The Balaban J connectivity index is 1.75. The summed E-state index contributed by atoms with van der Waals surface area (Å²) < 4.78 is 11.5. The summed E-state index contributed by atoms with van der Waals surface area (Å²) >= 11 is 3.46. The van der Waals surface area contributed by atoms with E-state index in [0.717, 1.165) is 10.0 Å². The molecule has 1 saturated heterocycles. The maximum absolute atomic E-state index is 12.6. The van der Waals surface area contributed by atoms with Crippen LogP contribution in [0.25, 0.3) is 0 Å². The SMILES string of the molecule is COc1ccc(N2CC(C(=O)Nc3ccc(C)c(Br)c3)CC2=O)c(OC)c1. The Morgan fingerprint density at radius 1 is 1.19 bits per heavy atom. The quantitative estimate of drug-likeness (QED) is 0.780. The first-order valence-corrected chi connectivity index (χ1v) is 9.31. The third-order valence-electron chi connectivity index (χ3n) is 4.61. The molecule has 7 heteroatoms. The first-order valence-electron chi connectivity index (χ1n) is 8.52. The standard InChI is InChI=1S/C20H21BrN2O4/c1-12-4-5-14(9-16(12)21)22-20(25)13-8-19(24)23(11-13)17-7-6-15(26-2)10-18(17)27-3/h4-7,9-10,13H,8,11H2,1-3H3,(H,22,25). The van der Waals surface area contributed by atoms with E-state index in [2.05, 4.69) is 21.2 Å². The number of benzene rings is 2. The molecule has 1 atom stereocenters. The number of rotatable bonds is 5. The van der Waals surface area contributed by atoms with Gasteiger partial charge < -0.3 is 19.7 Å². The molecule has 0 aromatic heterocycles. The second-order valence-electron chi connectivity index (χ2n) is 6.40. The molecule has 3 rings (SSSR count). The number of ether oxygens (including phenoxy) is 2. The van der Waals surface area contributed by atoms with Crippen LogP contribution in [-0.2, 0) is 9.59 Å². The molecule has 0 saturated carbocycles. The van der Waals surface area contributed by atoms with E-state index < -0.39 is 5.92 Å². The molecule has 1 N–H and O–H groups in total. The minimum atomic E-state index is -0.426. The minimum absolute atomic E-state index is 0.108. The van der Waals surface area contributed by atoms with Crippen molar-refractivity contribution in [2.24, 2.45) is 5.92 Å². The lowest BCUT2D eigenvalue weighted by atomic mass is 10.1. The van der Waals surface area contributed by atoms with Crippen molar-refractivity contribution in [1.29, 1.82) is 0 Å². The van der Waals surface area contributed by atoms with Gasteiger partial charge in [0.15, 0.2) is 0 Å². The van der Waals surface area contributed by atoms with Crippen molar-refractivity contribution in [2.75, 3.05) is 31.0 Å². The molecule has 0 spiro atoms. The maximum Gasteiger partial charge on any atom is 0.229 e. The van der Waals surface area contributed by atoms with Gasteiger partial charge in [-0.25, -0.2) is 0 Å². The van der Waals surface area contributed by atoms with Gasteiger partial charge in [-0.2, -0.15) is 0 Å². The predicted octanol–water partition coefficient (Wildman–Crippen LogP) is 3.77. The average Bonchev–Trinajstić information content (AvgIpc) is 3.05. The first-order chi connectivity index (χ1) is 12.9. The van der Waals surface area contributed by atoms with E-state index in [1.807, 2.05) is 25.1 Å². The van der Waals surface area contributed by atoms with Gasteiger partial charge in [0.1, 0.15) is 11.5 Å². The molecule has 1 aliphatic heterocycles. The fraction of sp³-hybridized carbons (Fsp3) is 0.300. The van der Waals surface area contributed by atoms with Crippen molar-refractivity contribution >= 4 is 39.1 Å². The maximum atomic E-state index is 12.6. The van der Waals surface area contributed by atoms with Gasteiger partial charge in [0.25, 0.3) is 0 Å². The lowest BCUT2D eigenvalue weighted by Crippen LogP contribution is -2.28. The van der Waals surface area contributed by atoms with Crippen LogP contribution < -0.4 is 19.7 Å². The van der Waals surface area contributed by atoms with Gasteiger partial charge in [0, 0.05) is 29.2 Å². The van der Waals surface area contributed by atoms with Gasteiger partial charge in [0.05, 0.1) is 25.8 Å². The highest BCUT2D eigenvalue weighted by molar-refractivity contribution is 9.10. The van der Waals surface area contributed by atoms with E-state index in [1.165, 1.54) is 7.11 Å². The molecule has 1 fully saturated rings. The van der Waals surface area contributed by atoms with E-state index in [9.17, 15) is 9.59 Å². The Kier molecular flexibility index (Phi) is 5.70. The van der Waals surface area contributed by atoms with Crippen molar-refractivity contribution in [3.8, 4) is 11.5 Å². The second-order valence-corrected chi connectivity index (χ2v) is 7.25. The van der Waals surface area contributed by atoms with Crippen LogP contribution in [0.1, 0.15) is 12.0 Å².